The van der Waals surface area contributed by atoms with Gasteiger partial charge in [0.05, 0.1) is 17.9 Å². The van der Waals surface area contributed by atoms with Gasteiger partial charge in [-0.15, -0.1) is 11.6 Å². The highest BCUT2D eigenvalue weighted by molar-refractivity contribution is 6.16. The average Bonchev–Trinajstić information content (AvgIpc) is 2.99. The third-order valence-corrected chi connectivity index (χ3v) is 3.35. The minimum Gasteiger partial charge on any atom is -0.464 e. The maximum atomic E-state index is 14.0. The Labute approximate surface area is 118 Å². The molecular formula is C14H11ClF2N2O. The van der Waals surface area contributed by atoms with Crippen molar-refractivity contribution in [3.8, 4) is 0 Å². The van der Waals surface area contributed by atoms with Crippen LogP contribution in [0, 0.1) is 18.6 Å². The fourth-order valence-electron chi connectivity index (χ4n) is 2.20. The number of aryl methyl sites for hydroxylation is 1. The Bertz CT molecular complexity index is 779. The monoisotopic (exact) mass is 296 g/mol. The van der Waals surface area contributed by atoms with Gasteiger partial charge in [-0.25, -0.2) is 13.8 Å². The normalized spacial score (nSPS) is 11.4. The van der Waals surface area contributed by atoms with E-state index < -0.39 is 11.6 Å². The molecule has 0 saturated carbocycles. The molecule has 0 bridgehead atoms. The molecule has 3 nitrogen and oxygen atoms in total. The maximum Gasteiger partial charge on any atom is 0.184 e. The van der Waals surface area contributed by atoms with E-state index in [2.05, 4.69) is 4.98 Å². The largest absolute Gasteiger partial charge is 0.464 e. The van der Waals surface area contributed by atoms with Crippen LogP contribution < -0.4 is 0 Å². The van der Waals surface area contributed by atoms with E-state index in [1.165, 1.54) is 6.07 Å². The van der Waals surface area contributed by atoms with Crippen molar-refractivity contribution in [1.29, 1.82) is 0 Å². The summed E-state index contributed by atoms with van der Waals surface area (Å²) in [5, 5.41) is 0. The number of fused-ring (bicyclic) bond motifs is 1. The first-order chi connectivity index (χ1) is 9.60. The average molecular weight is 297 g/mol. The predicted molar refractivity (Wildman–Crippen MR) is 71.8 cm³/mol. The number of nitrogens with zero attached hydrogens (tertiary/aromatic N) is 2. The third-order valence-electron chi connectivity index (χ3n) is 3.11. The van der Waals surface area contributed by atoms with E-state index in [-0.39, 0.29) is 17.9 Å². The first-order valence-electron chi connectivity index (χ1n) is 6.04. The predicted octanol–water partition coefficient (Wildman–Crippen LogP) is 4.00. The van der Waals surface area contributed by atoms with E-state index in [9.17, 15) is 8.78 Å². The molecule has 0 amide bonds. The van der Waals surface area contributed by atoms with Crippen LogP contribution in [0.15, 0.2) is 28.7 Å². The summed E-state index contributed by atoms with van der Waals surface area (Å²) in [5.41, 5.74) is 0.484. The van der Waals surface area contributed by atoms with E-state index in [1.807, 2.05) is 13.0 Å². The number of alkyl halides is 1. The van der Waals surface area contributed by atoms with Crippen molar-refractivity contribution in [2.75, 3.05) is 0 Å². The Morgan fingerprint density at radius 2 is 2.05 bits per heavy atom. The lowest BCUT2D eigenvalue weighted by molar-refractivity contribution is 0.466. The maximum absolute atomic E-state index is 14.0. The van der Waals surface area contributed by atoms with Gasteiger partial charge in [-0.05, 0) is 31.2 Å². The number of imidazole rings is 1. The second-order valence-corrected chi connectivity index (χ2v) is 4.76. The van der Waals surface area contributed by atoms with Crippen LogP contribution >= 0.6 is 11.6 Å². The van der Waals surface area contributed by atoms with Crippen LogP contribution in [0.4, 0.5) is 8.78 Å². The van der Waals surface area contributed by atoms with Crippen LogP contribution in [-0.4, -0.2) is 9.55 Å². The number of hydrogen-bond acceptors (Lipinski definition) is 2. The molecule has 0 unspecified atom stereocenters. The zero-order valence-electron chi connectivity index (χ0n) is 10.7. The van der Waals surface area contributed by atoms with E-state index in [0.29, 0.717) is 17.1 Å². The number of furan rings is 1. The Kier molecular flexibility index (Phi) is 3.22. The third kappa shape index (κ3) is 2.08. The van der Waals surface area contributed by atoms with Crippen LogP contribution in [-0.2, 0) is 12.4 Å². The van der Waals surface area contributed by atoms with Crippen molar-refractivity contribution < 1.29 is 13.2 Å². The summed E-state index contributed by atoms with van der Waals surface area (Å²) in [5.74, 6) is 0.140. The van der Waals surface area contributed by atoms with Crippen LogP contribution in [0.2, 0.25) is 0 Å². The van der Waals surface area contributed by atoms with Crippen molar-refractivity contribution in [2.24, 2.45) is 0 Å². The second kappa shape index (κ2) is 4.90. The molecule has 0 fully saturated rings. The molecule has 0 saturated heterocycles. The van der Waals surface area contributed by atoms with Gasteiger partial charge in [-0.1, -0.05) is 0 Å². The van der Waals surface area contributed by atoms with Gasteiger partial charge in [0, 0.05) is 0 Å². The van der Waals surface area contributed by atoms with Gasteiger partial charge >= 0.3 is 0 Å². The van der Waals surface area contributed by atoms with E-state index in [1.54, 1.807) is 10.6 Å². The molecule has 0 atom stereocenters. The van der Waals surface area contributed by atoms with Gasteiger partial charge in [-0.3, -0.25) is 0 Å². The molecule has 1 aromatic carbocycles. The first kappa shape index (κ1) is 13.1. The van der Waals surface area contributed by atoms with Gasteiger partial charge in [0.1, 0.15) is 22.9 Å². The van der Waals surface area contributed by atoms with E-state index in [4.69, 9.17) is 16.0 Å². The molecule has 0 aliphatic rings. The van der Waals surface area contributed by atoms with Crippen molar-refractivity contribution >= 4 is 22.6 Å². The molecule has 6 heteroatoms. The highest BCUT2D eigenvalue weighted by atomic mass is 35.5. The molecule has 2 heterocycles. The van der Waals surface area contributed by atoms with Crippen molar-refractivity contribution in [3.63, 3.8) is 0 Å². The Hall–Kier alpha value is -1.88. The lowest BCUT2D eigenvalue weighted by Crippen LogP contribution is -2.04. The molecule has 3 rings (SSSR count). The Morgan fingerprint density at radius 3 is 2.70 bits per heavy atom. The fourth-order valence-corrected chi connectivity index (χ4v) is 2.41. The minimum absolute atomic E-state index is 0.106. The lowest BCUT2D eigenvalue weighted by Gasteiger charge is -2.06. The lowest BCUT2D eigenvalue weighted by atomic mass is 10.3. The number of hydrogen-bond donors (Lipinski definition) is 0. The summed E-state index contributed by atoms with van der Waals surface area (Å²) in [6, 6.07) is 6.10. The van der Waals surface area contributed by atoms with Crippen molar-refractivity contribution in [1.82, 2.24) is 9.55 Å². The van der Waals surface area contributed by atoms with Crippen molar-refractivity contribution in [3.05, 3.63) is 53.2 Å². The fraction of sp³-hybridized carbons (Fsp3) is 0.214. The van der Waals surface area contributed by atoms with Gasteiger partial charge in [0.25, 0.3) is 0 Å². The molecule has 2 aromatic heterocycles. The van der Waals surface area contributed by atoms with Crippen molar-refractivity contribution in [2.45, 2.75) is 19.3 Å². The molecule has 0 N–H and O–H groups in total. The molecule has 0 radical (unpaired) electrons. The van der Waals surface area contributed by atoms with Crippen LogP contribution in [0.25, 0.3) is 11.0 Å². The molecular weight excluding hydrogens is 286 g/mol. The molecule has 104 valence electrons. The van der Waals surface area contributed by atoms with Crippen LogP contribution in [0.5, 0.6) is 0 Å². The van der Waals surface area contributed by atoms with Gasteiger partial charge < -0.3 is 8.98 Å². The highest BCUT2D eigenvalue weighted by Gasteiger charge is 2.18. The first-order valence-corrected chi connectivity index (χ1v) is 6.58. The molecule has 0 spiro atoms. The number of rotatable bonds is 3. The zero-order chi connectivity index (χ0) is 14.3. The summed E-state index contributed by atoms with van der Waals surface area (Å²) in [6.07, 6.45) is 0. The number of benzene rings is 1. The molecule has 20 heavy (non-hydrogen) atoms. The smallest absolute Gasteiger partial charge is 0.184 e. The standard InChI is InChI=1S/C14H11ClF2N2O/c1-8-2-3-9(20-8)7-19-12(6-15)18-11-5-4-10(16)13(17)14(11)19/h2-5H,6-7H2,1H3. The van der Waals surface area contributed by atoms with E-state index in [0.717, 1.165) is 11.8 Å². The number of aromatic nitrogens is 2. The van der Waals surface area contributed by atoms with Crippen LogP contribution in [0.1, 0.15) is 17.3 Å². The summed E-state index contributed by atoms with van der Waals surface area (Å²) in [6.45, 7) is 2.07. The Morgan fingerprint density at radius 1 is 1.25 bits per heavy atom. The quantitative estimate of drug-likeness (QED) is 0.684. The summed E-state index contributed by atoms with van der Waals surface area (Å²) in [4.78, 5) is 4.22. The van der Waals surface area contributed by atoms with E-state index >= 15 is 0 Å². The summed E-state index contributed by atoms with van der Waals surface area (Å²) < 4.78 is 34.4. The highest BCUT2D eigenvalue weighted by Crippen LogP contribution is 2.24. The van der Waals surface area contributed by atoms with Gasteiger partial charge in [-0.2, -0.15) is 0 Å². The van der Waals surface area contributed by atoms with Crippen LogP contribution in [0.3, 0.4) is 0 Å². The molecule has 0 aliphatic carbocycles. The summed E-state index contributed by atoms with van der Waals surface area (Å²) in [7, 11) is 0. The molecule has 3 aromatic rings. The SMILES string of the molecule is Cc1ccc(Cn2c(CCl)nc3ccc(F)c(F)c32)o1. The molecule has 0 aliphatic heterocycles. The van der Waals surface area contributed by atoms with Gasteiger partial charge in [0.2, 0.25) is 0 Å². The second-order valence-electron chi connectivity index (χ2n) is 4.49. The number of halogens is 3. The topological polar surface area (TPSA) is 31.0 Å². The Balaban J connectivity index is 2.19. The minimum atomic E-state index is -0.922. The zero-order valence-corrected chi connectivity index (χ0v) is 11.4. The summed E-state index contributed by atoms with van der Waals surface area (Å²) >= 11 is 5.84. The van der Waals surface area contributed by atoms with Gasteiger partial charge in [0.15, 0.2) is 11.6 Å².